The molecule has 1 saturated heterocycles. The molecule has 1 fully saturated rings. The van der Waals surface area contributed by atoms with Crippen LogP contribution < -0.4 is 0 Å². The monoisotopic (exact) mass is 260 g/mol. The quantitative estimate of drug-likeness (QED) is 0.730. The van der Waals surface area contributed by atoms with Crippen molar-refractivity contribution in [3.63, 3.8) is 0 Å². The Morgan fingerprint density at radius 2 is 1.94 bits per heavy atom. The Hall–Kier alpha value is -0.863. The third-order valence-corrected chi connectivity index (χ3v) is 7.12. The first-order valence-electron chi connectivity index (χ1n) is 6.96. The Morgan fingerprint density at radius 1 is 1.22 bits per heavy atom. The summed E-state index contributed by atoms with van der Waals surface area (Å²) in [5, 5.41) is 0. The molecule has 1 aromatic carbocycles. The zero-order valence-corrected chi connectivity index (χ0v) is 12.8. The van der Waals surface area contributed by atoms with Crippen molar-refractivity contribution in [2.75, 3.05) is 6.61 Å². The Balaban J connectivity index is 2.14. The van der Waals surface area contributed by atoms with Crippen LogP contribution in [-0.4, -0.2) is 20.4 Å². The van der Waals surface area contributed by atoms with Crippen LogP contribution in [0, 0.1) is 0 Å². The number of allylic oxidation sites excluding steroid dienone is 1. The lowest BCUT2D eigenvalue weighted by Gasteiger charge is -2.33. The van der Waals surface area contributed by atoms with Crippen molar-refractivity contribution in [1.29, 1.82) is 0 Å². The third kappa shape index (κ3) is 3.33. The van der Waals surface area contributed by atoms with E-state index in [2.05, 4.69) is 56.0 Å². The van der Waals surface area contributed by atoms with Gasteiger partial charge in [0.25, 0.3) is 0 Å². The molecule has 0 amide bonds. The number of hydrogen-bond acceptors (Lipinski definition) is 1. The molecule has 1 atom stereocenters. The first-order chi connectivity index (χ1) is 8.59. The first-order valence-corrected chi connectivity index (χ1v) is 10.1. The van der Waals surface area contributed by atoms with Gasteiger partial charge in [0.2, 0.25) is 0 Å². The van der Waals surface area contributed by atoms with Gasteiger partial charge in [-0.05, 0) is 31.7 Å². The minimum atomic E-state index is -1.43. The molecule has 0 aliphatic carbocycles. The topological polar surface area (TPSA) is 9.23 Å². The SMILES string of the molecule is CC(=C[Si](C)(C)C1CCCCO1)c1ccccc1. The van der Waals surface area contributed by atoms with Gasteiger partial charge in [0.15, 0.2) is 0 Å². The molecular weight excluding hydrogens is 236 g/mol. The highest BCUT2D eigenvalue weighted by atomic mass is 28.3. The minimum absolute atomic E-state index is 0.505. The van der Waals surface area contributed by atoms with Crippen LogP contribution in [0.4, 0.5) is 0 Å². The molecule has 1 nitrogen and oxygen atoms in total. The van der Waals surface area contributed by atoms with E-state index in [9.17, 15) is 0 Å². The second-order valence-electron chi connectivity index (χ2n) is 5.87. The zero-order valence-electron chi connectivity index (χ0n) is 11.8. The van der Waals surface area contributed by atoms with Gasteiger partial charge in [-0.3, -0.25) is 0 Å². The highest BCUT2D eigenvalue weighted by Gasteiger charge is 2.32. The second kappa shape index (κ2) is 5.85. The minimum Gasteiger partial charge on any atom is -0.381 e. The van der Waals surface area contributed by atoms with Crippen LogP contribution in [0.3, 0.4) is 0 Å². The molecule has 2 heteroatoms. The molecule has 1 aromatic rings. The summed E-state index contributed by atoms with van der Waals surface area (Å²) < 4.78 is 6.00. The van der Waals surface area contributed by atoms with Crippen molar-refractivity contribution in [2.24, 2.45) is 0 Å². The van der Waals surface area contributed by atoms with Gasteiger partial charge in [-0.2, -0.15) is 0 Å². The average Bonchev–Trinajstić information content (AvgIpc) is 2.40. The molecule has 0 saturated carbocycles. The fourth-order valence-electron chi connectivity index (χ4n) is 2.76. The largest absolute Gasteiger partial charge is 0.381 e. The Bertz CT molecular complexity index is 402. The van der Waals surface area contributed by atoms with E-state index in [4.69, 9.17) is 4.74 Å². The molecule has 98 valence electrons. The summed E-state index contributed by atoms with van der Waals surface area (Å²) in [5.41, 5.74) is 5.76. The van der Waals surface area contributed by atoms with E-state index in [1.807, 2.05) is 0 Å². The summed E-state index contributed by atoms with van der Waals surface area (Å²) in [5.74, 6) is 0. The summed E-state index contributed by atoms with van der Waals surface area (Å²) >= 11 is 0. The third-order valence-electron chi connectivity index (χ3n) is 3.83. The van der Waals surface area contributed by atoms with E-state index in [0.717, 1.165) is 6.61 Å². The predicted molar refractivity (Wildman–Crippen MR) is 81.2 cm³/mol. The van der Waals surface area contributed by atoms with E-state index in [1.165, 1.54) is 30.4 Å². The molecule has 0 radical (unpaired) electrons. The maximum Gasteiger partial charge on any atom is 0.105 e. The number of rotatable bonds is 3. The van der Waals surface area contributed by atoms with E-state index in [-0.39, 0.29) is 0 Å². The molecule has 1 aliphatic heterocycles. The summed E-state index contributed by atoms with van der Waals surface area (Å²) in [6, 6.07) is 10.7. The van der Waals surface area contributed by atoms with Crippen LogP contribution in [0.1, 0.15) is 31.7 Å². The van der Waals surface area contributed by atoms with Crippen LogP contribution in [0.5, 0.6) is 0 Å². The van der Waals surface area contributed by atoms with Crippen molar-refractivity contribution < 1.29 is 4.74 Å². The van der Waals surface area contributed by atoms with Crippen LogP contribution in [0.25, 0.3) is 5.57 Å². The molecule has 0 N–H and O–H groups in total. The smallest absolute Gasteiger partial charge is 0.105 e. The summed E-state index contributed by atoms with van der Waals surface area (Å²) in [6.45, 7) is 8.04. The van der Waals surface area contributed by atoms with E-state index in [1.54, 1.807) is 0 Å². The number of hydrogen-bond donors (Lipinski definition) is 0. The normalized spacial score (nSPS) is 21.9. The van der Waals surface area contributed by atoms with Crippen molar-refractivity contribution in [2.45, 2.75) is 45.0 Å². The molecule has 1 heterocycles. The van der Waals surface area contributed by atoms with Gasteiger partial charge in [0, 0.05) is 6.61 Å². The standard InChI is InChI=1S/C16H24OSi/c1-14(15-9-5-4-6-10-15)13-18(2,3)16-11-7-8-12-17-16/h4-6,9-10,13,16H,7-8,11-12H2,1-3H3. The van der Waals surface area contributed by atoms with Gasteiger partial charge in [-0.15, -0.1) is 0 Å². The van der Waals surface area contributed by atoms with Crippen molar-refractivity contribution in [1.82, 2.24) is 0 Å². The predicted octanol–water partition coefficient (Wildman–Crippen LogP) is 4.45. The van der Waals surface area contributed by atoms with Gasteiger partial charge in [-0.25, -0.2) is 0 Å². The van der Waals surface area contributed by atoms with Crippen LogP contribution in [-0.2, 0) is 4.74 Å². The molecule has 1 aliphatic rings. The highest BCUT2D eigenvalue weighted by Crippen LogP contribution is 2.26. The second-order valence-corrected chi connectivity index (χ2v) is 10.4. The Kier molecular flexibility index (Phi) is 4.41. The first kappa shape index (κ1) is 13.6. The van der Waals surface area contributed by atoms with Gasteiger partial charge in [0.05, 0.1) is 5.73 Å². The van der Waals surface area contributed by atoms with Crippen LogP contribution >= 0.6 is 0 Å². The Morgan fingerprint density at radius 3 is 2.56 bits per heavy atom. The van der Waals surface area contributed by atoms with Gasteiger partial charge < -0.3 is 4.74 Å². The summed E-state index contributed by atoms with van der Waals surface area (Å²) in [4.78, 5) is 0. The maximum absolute atomic E-state index is 6.00. The number of ether oxygens (including phenoxy) is 1. The Labute approximate surface area is 112 Å². The van der Waals surface area contributed by atoms with Crippen molar-refractivity contribution >= 4 is 13.6 Å². The van der Waals surface area contributed by atoms with E-state index in [0.29, 0.717) is 5.73 Å². The van der Waals surface area contributed by atoms with E-state index >= 15 is 0 Å². The van der Waals surface area contributed by atoms with Gasteiger partial charge in [-0.1, -0.05) is 54.7 Å². The average molecular weight is 260 g/mol. The number of benzene rings is 1. The molecule has 0 bridgehead atoms. The zero-order chi connectivity index (χ0) is 13.0. The molecule has 2 rings (SSSR count). The van der Waals surface area contributed by atoms with Gasteiger partial charge >= 0.3 is 0 Å². The van der Waals surface area contributed by atoms with Crippen LogP contribution in [0.15, 0.2) is 36.0 Å². The summed E-state index contributed by atoms with van der Waals surface area (Å²) in [6.07, 6.45) is 3.82. The fraction of sp³-hybridized carbons (Fsp3) is 0.500. The lowest BCUT2D eigenvalue weighted by atomic mass is 10.1. The lowest BCUT2D eigenvalue weighted by Crippen LogP contribution is -2.44. The van der Waals surface area contributed by atoms with Crippen molar-refractivity contribution in [3.8, 4) is 0 Å². The van der Waals surface area contributed by atoms with E-state index < -0.39 is 8.07 Å². The molecule has 0 spiro atoms. The van der Waals surface area contributed by atoms with Crippen LogP contribution in [0.2, 0.25) is 13.1 Å². The highest BCUT2D eigenvalue weighted by molar-refractivity contribution is 6.84. The lowest BCUT2D eigenvalue weighted by molar-refractivity contribution is 0.0610. The molecule has 1 unspecified atom stereocenters. The van der Waals surface area contributed by atoms with Gasteiger partial charge in [0.1, 0.15) is 8.07 Å². The fourth-order valence-corrected chi connectivity index (χ4v) is 5.73. The van der Waals surface area contributed by atoms with Crippen molar-refractivity contribution in [3.05, 3.63) is 41.6 Å². The summed E-state index contributed by atoms with van der Waals surface area (Å²) in [7, 11) is -1.43. The maximum atomic E-state index is 6.00. The molecule has 0 aromatic heterocycles. The molecular formula is C16H24OSi. The molecule has 18 heavy (non-hydrogen) atoms.